The third-order valence-corrected chi connectivity index (χ3v) is 4.81. The van der Waals surface area contributed by atoms with Crippen LogP contribution >= 0.6 is 0 Å². The Morgan fingerprint density at radius 1 is 1.12 bits per heavy atom. The number of rotatable bonds is 5. The molecule has 0 aliphatic carbocycles. The number of carbonyl (C=O) groups is 3. The van der Waals surface area contributed by atoms with Crippen LogP contribution in [0.5, 0.6) is 0 Å². The second-order valence-corrected chi connectivity index (χ2v) is 9.20. The molecule has 34 heavy (non-hydrogen) atoms. The van der Waals surface area contributed by atoms with Crippen LogP contribution in [0.2, 0.25) is 0 Å². The highest BCUT2D eigenvalue weighted by Crippen LogP contribution is 2.37. The van der Waals surface area contributed by atoms with Crippen LogP contribution in [-0.2, 0) is 25.2 Å². The molecule has 0 aromatic heterocycles. The minimum absolute atomic E-state index is 0.254. The number of esters is 1. The molecule has 0 bridgehead atoms. The molecule has 1 aliphatic heterocycles. The molecule has 1 aromatic rings. The zero-order chi connectivity index (χ0) is 26.1. The molecule has 2 amide bonds. The second-order valence-electron chi connectivity index (χ2n) is 9.20. The van der Waals surface area contributed by atoms with Gasteiger partial charge in [-0.05, 0) is 59.6 Å². The van der Waals surface area contributed by atoms with Crippen LogP contribution in [0.15, 0.2) is 18.2 Å². The van der Waals surface area contributed by atoms with Gasteiger partial charge in [0, 0.05) is 18.3 Å². The standard InChI is InChI=1S/C21H26F3N3O7/c1-19(2,3)34-18(30)26-10-6-7-15(26)16(28)33-20(4,5)17(29)25-12-8-9-14(27(31)32)13(11-12)21(22,23)24/h8-9,11,15H,6-7,10H2,1-5H3,(H,25,29)/t15-/m0/s1. The molecule has 0 spiro atoms. The van der Waals surface area contributed by atoms with Crippen LogP contribution in [0.3, 0.4) is 0 Å². The predicted molar refractivity (Wildman–Crippen MR) is 113 cm³/mol. The van der Waals surface area contributed by atoms with Gasteiger partial charge in [0.25, 0.3) is 11.6 Å². The van der Waals surface area contributed by atoms with Crippen LogP contribution in [0, 0.1) is 10.1 Å². The zero-order valence-corrected chi connectivity index (χ0v) is 19.3. The van der Waals surface area contributed by atoms with Gasteiger partial charge in [-0.3, -0.25) is 19.8 Å². The molecule has 1 aliphatic rings. The molecule has 1 atom stereocenters. The molecule has 2 rings (SSSR count). The van der Waals surface area contributed by atoms with Crippen LogP contribution in [0.4, 0.5) is 29.3 Å². The quantitative estimate of drug-likeness (QED) is 0.372. The molecule has 13 heteroatoms. The first-order valence-corrected chi connectivity index (χ1v) is 10.3. The zero-order valence-electron chi connectivity index (χ0n) is 19.3. The number of nitro benzene ring substituents is 1. The smallest absolute Gasteiger partial charge is 0.423 e. The van der Waals surface area contributed by atoms with Gasteiger partial charge in [0.15, 0.2) is 5.60 Å². The summed E-state index contributed by atoms with van der Waals surface area (Å²) in [6.45, 7) is 7.72. The monoisotopic (exact) mass is 489 g/mol. The summed E-state index contributed by atoms with van der Waals surface area (Å²) in [7, 11) is 0. The number of likely N-dealkylation sites (tertiary alicyclic amines) is 1. The highest BCUT2D eigenvalue weighted by atomic mass is 19.4. The third kappa shape index (κ3) is 6.58. The van der Waals surface area contributed by atoms with Crippen LogP contribution < -0.4 is 5.32 Å². The molecular weight excluding hydrogens is 463 g/mol. The number of nitrogens with one attached hydrogen (secondary N) is 1. The lowest BCUT2D eigenvalue weighted by Crippen LogP contribution is -2.48. The minimum atomic E-state index is -5.03. The lowest BCUT2D eigenvalue weighted by atomic mass is 10.1. The number of nitro groups is 1. The van der Waals surface area contributed by atoms with Crippen molar-refractivity contribution in [2.24, 2.45) is 0 Å². The number of carbonyl (C=O) groups excluding carboxylic acids is 3. The van der Waals surface area contributed by atoms with E-state index in [2.05, 4.69) is 5.32 Å². The van der Waals surface area contributed by atoms with E-state index in [4.69, 9.17) is 9.47 Å². The lowest BCUT2D eigenvalue weighted by Gasteiger charge is -2.30. The van der Waals surface area contributed by atoms with Gasteiger partial charge in [0.1, 0.15) is 17.2 Å². The van der Waals surface area contributed by atoms with Gasteiger partial charge in [-0.1, -0.05) is 0 Å². The van der Waals surface area contributed by atoms with Crippen molar-refractivity contribution >= 4 is 29.3 Å². The van der Waals surface area contributed by atoms with Gasteiger partial charge in [-0.25, -0.2) is 9.59 Å². The van der Waals surface area contributed by atoms with Crippen molar-refractivity contribution in [1.82, 2.24) is 4.90 Å². The SMILES string of the molecule is CC(C)(C)OC(=O)N1CCC[C@H]1C(=O)OC(C)(C)C(=O)Nc1ccc([N+](=O)[O-])c(C(F)(F)F)c1. The number of hydrogen-bond acceptors (Lipinski definition) is 7. The van der Waals surface area contributed by atoms with Crippen LogP contribution in [0.25, 0.3) is 0 Å². The first-order chi connectivity index (χ1) is 15.4. The molecule has 0 saturated carbocycles. The molecule has 1 fully saturated rings. The fourth-order valence-corrected chi connectivity index (χ4v) is 3.20. The Hall–Kier alpha value is -3.38. The number of halogens is 3. The van der Waals surface area contributed by atoms with E-state index in [1.807, 2.05) is 0 Å². The normalized spacial score (nSPS) is 16.7. The molecule has 0 unspecified atom stereocenters. The third-order valence-electron chi connectivity index (χ3n) is 4.81. The number of amides is 2. The fraction of sp³-hybridized carbons (Fsp3) is 0.571. The number of anilines is 1. The van der Waals surface area contributed by atoms with Crippen LogP contribution in [-0.4, -0.2) is 51.6 Å². The highest BCUT2D eigenvalue weighted by molar-refractivity contribution is 5.98. The van der Waals surface area contributed by atoms with E-state index in [0.717, 1.165) is 6.07 Å². The Kier molecular flexibility index (Phi) is 7.48. The summed E-state index contributed by atoms with van der Waals surface area (Å²) in [5.74, 6) is -1.84. The maximum atomic E-state index is 13.2. The maximum Gasteiger partial charge on any atom is 0.423 e. The van der Waals surface area contributed by atoms with Gasteiger partial charge >= 0.3 is 18.2 Å². The molecule has 1 saturated heterocycles. The summed E-state index contributed by atoms with van der Waals surface area (Å²) < 4.78 is 50.1. The van der Waals surface area contributed by atoms with E-state index in [-0.39, 0.29) is 18.7 Å². The van der Waals surface area contributed by atoms with Crippen molar-refractivity contribution in [3.05, 3.63) is 33.9 Å². The molecule has 1 N–H and O–H groups in total. The lowest BCUT2D eigenvalue weighted by molar-refractivity contribution is -0.388. The number of hydrogen-bond donors (Lipinski definition) is 1. The average Bonchev–Trinajstić information content (AvgIpc) is 3.15. The van der Waals surface area contributed by atoms with Crippen LogP contribution in [0.1, 0.15) is 53.0 Å². The summed E-state index contributed by atoms with van der Waals surface area (Å²) in [6.07, 6.45) is -4.94. The molecule has 10 nitrogen and oxygen atoms in total. The Bertz CT molecular complexity index is 987. The Morgan fingerprint density at radius 2 is 1.74 bits per heavy atom. The van der Waals surface area contributed by atoms with Crippen molar-refractivity contribution in [1.29, 1.82) is 0 Å². The number of alkyl halides is 3. The molecule has 0 radical (unpaired) electrons. The van der Waals surface area contributed by atoms with E-state index < -0.39 is 57.6 Å². The highest BCUT2D eigenvalue weighted by Gasteiger charge is 2.42. The predicted octanol–water partition coefficient (Wildman–Crippen LogP) is 4.27. The Morgan fingerprint density at radius 3 is 2.26 bits per heavy atom. The average molecular weight is 489 g/mol. The van der Waals surface area contributed by atoms with E-state index in [1.54, 1.807) is 20.8 Å². The number of nitrogens with zero attached hydrogens (tertiary/aromatic N) is 2. The molecule has 1 aromatic carbocycles. The van der Waals surface area contributed by atoms with Crippen molar-refractivity contribution in [2.75, 3.05) is 11.9 Å². The van der Waals surface area contributed by atoms with Crippen molar-refractivity contribution in [3.8, 4) is 0 Å². The second kappa shape index (κ2) is 9.47. The minimum Gasteiger partial charge on any atom is -0.448 e. The molecule has 1 heterocycles. The summed E-state index contributed by atoms with van der Waals surface area (Å²) in [4.78, 5) is 48.7. The van der Waals surface area contributed by atoms with Gasteiger partial charge < -0.3 is 14.8 Å². The molecule has 188 valence electrons. The fourth-order valence-electron chi connectivity index (χ4n) is 3.20. The topological polar surface area (TPSA) is 128 Å². The van der Waals surface area contributed by atoms with Crippen molar-refractivity contribution in [2.45, 2.75) is 70.9 Å². The first-order valence-electron chi connectivity index (χ1n) is 10.3. The van der Waals surface area contributed by atoms with Gasteiger partial charge in [-0.15, -0.1) is 0 Å². The summed E-state index contributed by atoms with van der Waals surface area (Å²) in [6, 6.07) is 0.993. The number of ether oxygens (including phenoxy) is 2. The van der Waals surface area contributed by atoms with Crippen molar-refractivity contribution < 1.29 is 42.0 Å². The van der Waals surface area contributed by atoms with Gasteiger partial charge in [0.2, 0.25) is 0 Å². The largest absolute Gasteiger partial charge is 0.448 e. The summed E-state index contributed by atoms with van der Waals surface area (Å²) >= 11 is 0. The Balaban J connectivity index is 2.14. The number of benzene rings is 1. The summed E-state index contributed by atoms with van der Waals surface area (Å²) in [5, 5.41) is 13.1. The van der Waals surface area contributed by atoms with Gasteiger partial charge in [0.05, 0.1) is 4.92 Å². The van der Waals surface area contributed by atoms with E-state index in [0.29, 0.717) is 18.6 Å². The Labute approximate surface area is 193 Å². The maximum absolute atomic E-state index is 13.2. The summed E-state index contributed by atoms with van der Waals surface area (Å²) in [5.41, 5.74) is -5.70. The van der Waals surface area contributed by atoms with E-state index in [1.165, 1.54) is 18.7 Å². The molecular formula is C21H26F3N3O7. The van der Waals surface area contributed by atoms with Gasteiger partial charge in [-0.2, -0.15) is 13.2 Å². The van der Waals surface area contributed by atoms with E-state index in [9.17, 15) is 37.7 Å². The van der Waals surface area contributed by atoms with E-state index >= 15 is 0 Å². The van der Waals surface area contributed by atoms with Crippen molar-refractivity contribution in [3.63, 3.8) is 0 Å². The first kappa shape index (κ1) is 26.9.